The molecular formula is C16H29Cl. The fraction of sp³-hybridized carbons (Fsp3) is 0.625. The molecule has 0 bridgehead atoms. The van der Waals surface area contributed by atoms with E-state index in [9.17, 15) is 0 Å². The summed E-state index contributed by atoms with van der Waals surface area (Å²) in [4.78, 5) is 0. The maximum atomic E-state index is 6.10. The van der Waals surface area contributed by atoms with Crippen molar-refractivity contribution in [3.63, 3.8) is 0 Å². The first-order chi connectivity index (χ1) is 8.25. The van der Waals surface area contributed by atoms with Gasteiger partial charge in [-0.2, -0.15) is 0 Å². The lowest BCUT2D eigenvalue weighted by molar-refractivity contribution is 0.624. The highest BCUT2D eigenvalue weighted by molar-refractivity contribution is 6.31. The van der Waals surface area contributed by atoms with Gasteiger partial charge in [0.1, 0.15) is 0 Å². The molecule has 1 atom stereocenters. The van der Waals surface area contributed by atoms with Gasteiger partial charge in [-0.25, -0.2) is 0 Å². The van der Waals surface area contributed by atoms with Crippen LogP contribution in [-0.2, 0) is 0 Å². The number of hydrogen-bond donors (Lipinski definition) is 0. The molecule has 0 N–H and O–H groups in total. The summed E-state index contributed by atoms with van der Waals surface area (Å²) in [5.41, 5.74) is 1.29. The first kappa shape index (κ1) is 18.9. The van der Waals surface area contributed by atoms with E-state index in [-0.39, 0.29) is 0 Å². The Kier molecular flexibility index (Phi) is 15.1. The van der Waals surface area contributed by atoms with E-state index >= 15 is 0 Å². The monoisotopic (exact) mass is 256 g/mol. The summed E-state index contributed by atoms with van der Waals surface area (Å²) < 4.78 is 0. The van der Waals surface area contributed by atoms with E-state index in [2.05, 4.69) is 26.0 Å². The standard InChI is InChI=1S/C12H17Cl.2C2H6/c1-3-4-7-10(2)11-8-5-6-9-12(11)13;2*1-2/h5-6,8-10H,3-4,7H2,1-2H3;2*1-2H3. The molecule has 0 aliphatic rings. The second-order valence-electron chi connectivity index (χ2n) is 3.56. The SMILES string of the molecule is CC.CC.CCCCC(C)c1ccccc1Cl. The Bertz CT molecular complexity index is 255. The van der Waals surface area contributed by atoms with Gasteiger partial charge in [-0.15, -0.1) is 0 Å². The molecule has 0 spiro atoms. The molecule has 0 amide bonds. The predicted molar refractivity (Wildman–Crippen MR) is 82.1 cm³/mol. The minimum atomic E-state index is 0.591. The quantitative estimate of drug-likeness (QED) is 0.563. The second kappa shape index (κ2) is 13.6. The molecule has 0 fully saturated rings. The van der Waals surface area contributed by atoms with E-state index in [1.807, 2.05) is 39.8 Å². The third-order valence-electron chi connectivity index (χ3n) is 2.43. The van der Waals surface area contributed by atoms with Gasteiger partial charge in [-0.3, -0.25) is 0 Å². The first-order valence-corrected chi connectivity index (χ1v) is 7.38. The Hall–Kier alpha value is -0.490. The van der Waals surface area contributed by atoms with Gasteiger partial charge in [0, 0.05) is 5.02 Å². The molecule has 1 rings (SSSR count). The highest BCUT2D eigenvalue weighted by Gasteiger charge is 2.07. The minimum absolute atomic E-state index is 0.591. The van der Waals surface area contributed by atoms with Crippen molar-refractivity contribution >= 4 is 11.6 Å². The van der Waals surface area contributed by atoms with Gasteiger partial charge in [0.25, 0.3) is 0 Å². The van der Waals surface area contributed by atoms with Crippen LogP contribution in [0.4, 0.5) is 0 Å². The second-order valence-corrected chi connectivity index (χ2v) is 3.97. The van der Waals surface area contributed by atoms with E-state index in [1.54, 1.807) is 0 Å². The number of rotatable bonds is 4. The summed E-state index contributed by atoms with van der Waals surface area (Å²) in [6.07, 6.45) is 3.78. The van der Waals surface area contributed by atoms with Gasteiger partial charge in [-0.1, -0.05) is 84.2 Å². The lowest BCUT2D eigenvalue weighted by Crippen LogP contribution is -1.93. The molecule has 0 aliphatic carbocycles. The zero-order chi connectivity index (χ0) is 13.7. The van der Waals surface area contributed by atoms with Crippen molar-refractivity contribution in [2.75, 3.05) is 0 Å². The Labute approximate surface area is 113 Å². The molecule has 0 aromatic heterocycles. The van der Waals surface area contributed by atoms with Crippen LogP contribution in [0.1, 0.15) is 72.3 Å². The number of benzene rings is 1. The van der Waals surface area contributed by atoms with Crippen molar-refractivity contribution < 1.29 is 0 Å². The maximum absolute atomic E-state index is 6.10. The van der Waals surface area contributed by atoms with Gasteiger partial charge < -0.3 is 0 Å². The van der Waals surface area contributed by atoms with Crippen molar-refractivity contribution in [3.05, 3.63) is 34.9 Å². The van der Waals surface area contributed by atoms with Gasteiger partial charge in [0.2, 0.25) is 0 Å². The van der Waals surface area contributed by atoms with Crippen LogP contribution in [0.15, 0.2) is 24.3 Å². The maximum Gasteiger partial charge on any atom is 0.0440 e. The smallest absolute Gasteiger partial charge is 0.0440 e. The minimum Gasteiger partial charge on any atom is -0.0840 e. The van der Waals surface area contributed by atoms with Crippen LogP contribution in [-0.4, -0.2) is 0 Å². The van der Waals surface area contributed by atoms with Crippen LogP contribution in [0, 0.1) is 0 Å². The van der Waals surface area contributed by atoms with E-state index in [4.69, 9.17) is 11.6 Å². The third kappa shape index (κ3) is 8.26. The summed E-state index contributed by atoms with van der Waals surface area (Å²) in [6.45, 7) is 12.5. The Morgan fingerprint density at radius 1 is 1.06 bits per heavy atom. The zero-order valence-corrected chi connectivity index (χ0v) is 13.1. The van der Waals surface area contributed by atoms with Gasteiger partial charge >= 0.3 is 0 Å². The number of halogens is 1. The molecule has 0 saturated heterocycles. The van der Waals surface area contributed by atoms with Crippen molar-refractivity contribution in [1.82, 2.24) is 0 Å². The molecule has 1 unspecified atom stereocenters. The molecule has 1 aromatic rings. The fourth-order valence-corrected chi connectivity index (χ4v) is 1.86. The summed E-state index contributed by atoms with van der Waals surface area (Å²) in [5.74, 6) is 0.591. The Balaban J connectivity index is 0. The molecule has 0 aliphatic heterocycles. The lowest BCUT2D eigenvalue weighted by Gasteiger charge is -2.12. The summed E-state index contributed by atoms with van der Waals surface area (Å²) in [7, 11) is 0. The van der Waals surface area contributed by atoms with Gasteiger partial charge in [0.05, 0.1) is 0 Å². The molecule has 1 heteroatoms. The van der Waals surface area contributed by atoms with Crippen molar-refractivity contribution in [2.45, 2.75) is 66.7 Å². The highest BCUT2D eigenvalue weighted by Crippen LogP contribution is 2.27. The van der Waals surface area contributed by atoms with E-state index < -0.39 is 0 Å². The average Bonchev–Trinajstić information content (AvgIpc) is 2.41. The van der Waals surface area contributed by atoms with Crippen LogP contribution in [0.2, 0.25) is 5.02 Å². The fourth-order valence-electron chi connectivity index (χ4n) is 1.54. The summed E-state index contributed by atoms with van der Waals surface area (Å²) >= 11 is 6.10. The zero-order valence-electron chi connectivity index (χ0n) is 12.4. The van der Waals surface area contributed by atoms with Crippen molar-refractivity contribution in [1.29, 1.82) is 0 Å². The molecule has 0 heterocycles. The summed E-state index contributed by atoms with van der Waals surface area (Å²) in [6, 6.07) is 8.14. The topological polar surface area (TPSA) is 0 Å². The van der Waals surface area contributed by atoms with Crippen molar-refractivity contribution in [2.24, 2.45) is 0 Å². The van der Waals surface area contributed by atoms with Gasteiger partial charge in [0.15, 0.2) is 0 Å². The first-order valence-electron chi connectivity index (χ1n) is 7.00. The molecule has 0 radical (unpaired) electrons. The van der Waals surface area contributed by atoms with E-state index in [0.29, 0.717) is 5.92 Å². The molecule has 0 saturated carbocycles. The normalized spacial score (nSPS) is 10.5. The Morgan fingerprint density at radius 2 is 1.59 bits per heavy atom. The average molecular weight is 257 g/mol. The largest absolute Gasteiger partial charge is 0.0840 e. The molecule has 100 valence electrons. The van der Waals surface area contributed by atoms with Gasteiger partial charge in [-0.05, 0) is 24.0 Å². The molecule has 17 heavy (non-hydrogen) atoms. The highest BCUT2D eigenvalue weighted by atomic mass is 35.5. The lowest BCUT2D eigenvalue weighted by atomic mass is 9.96. The van der Waals surface area contributed by atoms with Crippen molar-refractivity contribution in [3.8, 4) is 0 Å². The molecule has 1 aromatic carbocycles. The van der Waals surface area contributed by atoms with Crippen LogP contribution in [0.25, 0.3) is 0 Å². The molecular weight excluding hydrogens is 228 g/mol. The Morgan fingerprint density at radius 3 is 2.06 bits per heavy atom. The van der Waals surface area contributed by atoms with Crippen LogP contribution in [0.3, 0.4) is 0 Å². The molecule has 0 nitrogen and oxygen atoms in total. The van der Waals surface area contributed by atoms with E-state index in [0.717, 1.165) is 5.02 Å². The third-order valence-corrected chi connectivity index (χ3v) is 2.77. The van der Waals surface area contributed by atoms with Crippen LogP contribution < -0.4 is 0 Å². The van der Waals surface area contributed by atoms with Crippen LogP contribution in [0.5, 0.6) is 0 Å². The predicted octanol–water partition coefficient (Wildman–Crippen LogP) is 6.69. The van der Waals surface area contributed by atoms with Crippen LogP contribution >= 0.6 is 11.6 Å². The number of unbranched alkanes of at least 4 members (excludes halogenated alkanes) is 1. The number of hydrogen-bond acceptors (Lipinski definition) is 0. The summed E-state index contributed by atoms with van der Waals surface area (Å²) in [5, 5.41) is 0.908. The van der Waals surface area contributed by atoms with E-state index in [1.165, 1.54) is 24.8 Å².